The normalized spacial score (nSPS) is 15.4. The summed E-state index contributed by atoms with van der Waals surface area (Å²) in [7, 11) is 0. The van der Waals surface area contributed by atoms with Crippen LogP contribution in [0.4, 0.5) is 0 Å². The number of rotatable bonds is 8. The van der Waals surface area contributed by atoms with Crippen molar-refractivity contribution in [3.63, 3.8) is 0 Å². The second-order valence-corrected chi connectivity index (χ2v) is 10.5. The fourth-order valence-electron chi connectivity index (χ4n) is 4.71. The summed E-state index contributed by atoms with van der Waals surface area (Å²) in [6.07, 6.45) is 2.06. The minimum Gasteiger partial charge on any atom is -0.454 e. The molecule has 1 heterocycles. The summed E-state index contributed by atoms with van der Waals surface area (Å²) in [4.78, 5) is 26.0. The van der Waals surface area contributed by atoms with Gasteiger partial charge in [0.05, 0.1) is 17.6 Å². The molecule has 0 aromatic heterocycles. The number of carbonyl (C=O) groups excluding carboxylic acids is 2. The molecule has 0 bridgehead atoms. The summed E-state index contributed by atoms with van der Waals surface area (Å²) in [5.41, 5.74) is 4.50. The Morgan fingerprint density at radius 3 is 2.42 bits per heavy atom. The number of aryl methyl sites for hydroxylation is 1. The zero-order valence-electron chi connectivity index (χ0n) is 20.9. The maximum Gasteiger partial charge on any atom is 0.251 e. The average molecular weight is 490 g/mol. The third kappa shape index (κ3) is 4.61. The van der Waals surface area contributed by atoms with Crippen molar-refractivity contribution in [1.82, 2.24) is 5.32 Å². The fourth-order valence-corrected chi connectivity index (χ4v) is 4.71. The molecule has 36 heavy (non-hydrogen) atoms. The highest BCUT2D eigenvalue weighted by Crippen LogP contribution is 2.51. The monoisotopic (exact) mass is 489 g/mol. The lowest BCUT2D eigenvalue weighted by molar-refractivity contribution is -0.120. The maximum absolute atomic E-state index is 13.5. The van der Waals surface area contributed by atoms with E-state index in [0.717, 1.165) is 46.4 Å². The minimum absolute atomic E-state index is 0. The Bertz CT molecular complexity index is 1330. The van der Waals surface area contributed by atoms with E-state index in [1.807, 2.05) is 49.4 Å². The summed E-state index contributed by atoms with van der Waals surface area (Å²) in [6, 6.07) is 19.4. The van der Waals surface area contributed by atoms with Crippen LogP contribution in [0.2, 0.25) is 0 Å². The molecule has 0 saturated heterocycles. The Labute approximate surface area is 214 Å². The predicted molar refractivity (Wildman–Crippen MR) is 142 cm³/mol. The third-order valence-electron chi connectivity index (χ3n) is 7.18. The molecule has 0 atom stereocenters. The molecule has 5 rings (SSSR count). The summed E-state index contributed by atoms with van der Waals surface area (Å²) >= 11 is 0. The van der Waals surface area contributed by atoms with Gasteiger partial charge in [-0.3, -0.25) is 9.59 Å². The molecule has 3 aromatic rings. The van der Waals surface area contributed by atoms with Gasteiger partial charge in [-0.05, 0) is 85.7 Å². The Balaban J connectivity index is 0.00000200. The molecule has 190 valence electrons. The average Bonchev–Trinajstić information content (AvgIpc) is 3.56. The molecule has 3 aromatic carbocycles. The van der Waals surface area contributed by atoms with Crippen LogP contribution in [0.1, 0.15) is 56.6 Å². The van der Waals surface area contributed by atoms with E-state index in [1.165, 1.54) is 0 Å². The van der Waals surface area contributed by atoms with Gasteiger partial charge in [-0.15, -0.1) is 0 Å². The van der Waals surface area contributed by atoms with Crippen molar-refractivity contribution in [2.75, 3.05) is 13.4 Å². The molecular formula is C30H35NO5. The van der Waals surface area contributed by atoms with Gasteiger partial charge in [0.15, 0.2) is 11.5 Å². The Morgan fingerprint density at radius 1 is 1.00 bits per heavy atom. The number of Topliss-reactive ketones (excluding diaryl/α,β-unsaturated/α-hetero) is 1. The lowest BCUT2D eigenvalue weighted by Gasteiger charge is -2.23. The number of ether oxygens (including phenoxy) is 2. The first kappa shape index (κ1) is 24.1. The first-order valence-corrected chi connectivity index (χ1v) is 12.3. The fraction of sp³-hybridized carbons (Fsp3) is 0.333. The van der Waals surface area contributed by atoms with E-state index in [4.69, 9.17) is 9.47 Å². The van der Waals surface area contributed by atoms with Gasteiger partial charge in [-0.2, -0.15) is 0 Å². The molecule has 0 unspecified atom stereocenters. The molecule has 6 heteroatoms. The van der Waals surface area contributed by atoms with Crippen molar-refractivity contribution in [2.24, 2.45) is 0 Å². The van der Waals surface area contributed by atoms with E-state index in [9.17, 15) is 14.7 Å². The van der Waals surface area contributed by atoms with Gasteiger partial charge < -0.3 is 19.9 Å². The number of amides is 1. The second kappa shape index (κ2) is 9.10. The molecule has 0 spiro atoms. The number of fused-ring (bicyclic) bond motifs is 1. The smallest absolute Gasteiger partial charge is 0.251 e. The number of hydrogen-bond acceptors (Lipinski definition) is 5. The van der Waals surface area contributed by atoms with Crippen LogP contribution in [-0.4, -0.2) is 35.7 Å². The first-order valence-electron chi connectivity index (χ1n) is 12.3. The van der Waals surface area contributed by atoms with E-state index in [1.54, 1.807) is 26.0 Å². The maximum atomic E-state index is 13.5. The highest BCUT2D eigenvalue weighted by molar-refractivity contribution is 5.96. The Morgan fingerprint density at radius 2 is 1.72 bits per heavy atom. The van der Waals surface area contributed by atoms with Crippen molar-refractivity contribution in [2.45, 2.75) is 51.0 Å². The SMILES string of the molecule is Cc1ccc(CC(=O)C2(c3ccc4c(c3)OCO4)CC2)cc1-c1ccc(C(=O)NC(C)(C)CO)cc1.[HH].[HH]. The quantitative estimate of drug-likeness (QED) is 0.453. The van der Waals surface area contributed by atoms with Crippen molar-refractivity contribution in [3.8, 4) is 22.6 Å². The number of aliphatic hydroxyl groups excluding tert-OH is 1. The zero-order valence-corrected chi connectivity index (χ0v) is 20.9. The van der Waals surface area contributed by atoms with E-state index >= 15 is 0 Å². The zero-order chi connectivity index (χ0) is 25.5. The first-order chi connectivity index (χ1) is 17.2. The van der Waals surface area contributed by atoms with Gasteiger partial charge in [0, 0.05) is 14.8 Å². The van der Waals surface area contributed by atoms with Gasteiger partial charge >= 0.3 is 0 Å². The molecule has 1 aliphatic heterocycles. The standard InChI is InChI=1S/C30H31NO5.2H2/c1-19-4-5-20(14-24(19)21-6-8-22(9-7-21)28(34)31-29(2,3)17-32)15-27(33)30(12-13-30)23-10-11-25-26(16-23)36-18-35-25;;/h4-11,14,16,32H,12-13,15,17-18H2,1-3H3,(H,31,34);2*1H. The third-order valence-corrected chi connectivity index (χ3v) is 7.18. The topological polar surface area (TPSA) is 84.9 Å². The molecule has 0 radical (unpaired) electrons. The lowest BCUT2D eigenvalue weighted by atomic mass is 9.87. The van der Waals surface area contributed by atoms with Crippen LogP contribution in [0.5, 0.6) is 11.5 Å². The summed E-state index contributed by atoms with van der Waals surface area (Å²) < 4.78 is 10.9. The van der Waals surface area contributed by atoms with E-state index in [-0.39, 0.29) is 27.9 Å². The van der Waals surface area contributed by atoms with Gasteiger partial charge in [0.1, 0.15) is 5.78 Å². The highest BCUT2D eigenvalue weighted by atomic mass is 16.7. The van der Waals surface area contributed by atoms with Crippen LogP contribution in [0.15, 0.2) is 60.7 Å². The van der Waals surface area contributed by atoms with Gasteiger partial charge in [-0.1, -0.05) is 36.4 Å². The van der Waals surface area contributed by atoms with E-state index in [0.29, 0.717) is 17.7 Å². The molecule has 1 fully saturated rings. The molecule has 2 aliphatic rings. The molecule has 2 N–H and O–H groups in total. The van der Waals surface area contributed by atoms with Crippen LogP contribution < -0.4 is 14.8 Å². The van der Waals surface area contributed by atoms with Crippen LogP contribution in [0.3, 0.4) is 0 Å². The van der Waals surface area contributed by atoms with Crippen molar-refractivity contribution in [3.05, 3.63) is 82.9 Å². The van der Waals surface area contributed by atoms with Crippen molar-refractivity contribution >= 4 is 11.7 Å². The molecular weight excluding hydrogens is 454 g/mol. The summed E-state index contributed by atoms with van der Waals surface area (Å²) in [5, 5.41) is 12.2. The second-order valence-electron chi connectivity index (χ2n) is 10.5. The Hall–Kier alpha value is -3.64. The Kier molecular flexibility index (Phi) is 6.08. The predicted octanol–water partition coefficient (Wildman–Crippen LogP) is 5.23. The number of aliphatic hydroxyl groups is 1. The number of nitrogens with one attached hydrogen (secondary N) is 1. The number of ketones is 1. The molecule has 1 amide bonds. The van der Waals surface area contributed by atoms with Crippen LogP contribution in [0.25, 0.3) is 11.1 Å². The van der Waals surface area contributed by atoms with Crippen LogP contribution in [0, 0.1) is 6.92 Å². The van der Waals surface area contributed by atoms with Crippen LogP contribution in [-0.2, 0) is 16.6 Å². The highest BCUT2D eigenvalue weighted by Gasteiger charge is 2.50. The lowest BCUT2D eigenvalue weighted by Crippen LogP contribution is -2.46. The van der Waals surface area contributed by atoms with Gasteiger partial charge in [0.25, 0.3) is 5.91 Å². The largest absolute Gasteiger partial charge is 0.454 e. The van der Waals surface area contributed by atoms with Crippen LogP contribution >= 0.6 is 0 Å². The number of hydrogen-bond donors (Lipinski definition) is 2. The minimum atomic E-state index is -0.688. The van der Waals surface area contributed by atoms with Gasteiger partial charge in [0.2, 0.25) is 6.79 Å². The molecule has 1 aliphatic carbocycles. The van der Waals surface area contributed by atoms with E-state index in [2.05, 4.69) is 11.4 Å². The molecule has 6 nitrogen and oxygen atoms in total. The van der Waals surface area contributed by atoms with Gasteiger partial charge in [-0.25, -0.2) is 0 Å². The van der Waals surface area contributed by atoms with Crippen molar-refractivity contribution in [1.29, 1.82) is 0 Å². The molecule has 1 saturated carbocycles. The number of benzene rings is 3. The summed E-state index contributed by atoms with van der Waals surface area (Å²) in [5.74, 6) is 1.43. The number of carbonyl (C=O) groups is 2. The van der Waals surface area contributed by atoms with Crippen molar-refractivity contribution < 1.29 is 27.0 Å². The van der Waals surface area contributed by atoms with E-state index < -0.39 is 11.0 Å². The summed E-state index contributed by atoms with van der Waals surface area (Å²) in [6.45, 7) is 5.66.